The van der Waals surface area contributed by atoms with Crippen molar-refractivity contribution in [2.45, 2.75) is 12.6 Å². The number of hydrogen-bond donors (Lipinski definition) is 3. The van der Waals surface area contributed by atoms with E-state index in [1.165, 1.54) is 6.08 Å². The summed E-state index contributed by atoms with van der Waals surface area (Å²) in [4.78, 5) is 5.89. The van der Waals surface area contributed by atoms with Gasteiger partial charge in [0.05, 0.1) is 0 Å². The van der Waals surface area contributed by atoms with Crippen molar-refractivity contribution in [3.8, 4) is 0 Å². The summed E-state index contributed by atoms with van der Waals surface area (Å²) in [5.41, 5.74) is 11.2. The molecule has 11 heteroatoms. The van der Waals surface area contributed by atoms with Crippen LogP contribution in [-0.2, 0) is 14.7 Å². The molecule has 1 fully saturated rings. The highest BCUT2D eigenvalue weighted by molar-refractivity contribution is 7.80. The molecule has 2 aliphatic rings. The summed E-state index contributed by atoms with van der Waals surface area (Å²) in [6.07, 6.45) is 1.64. The van der Waals surface area contributed by atoms with E-state index in [1.54, 1.807) is 0 Å². The highest BCUT2D eigenvalue weighted by atomic mass is 32.3. The van der Waals surface area contributed by atoms with Crippen molar-refractivity contribution < 1.29 is 22.7 Å². The van der Waals surface area contributed by atoms with Crippen molar-refractivity contribution in [2.24, 2.45) is 16.5 Å². The molecule has 0 amide bonds. The van der Waals surface area contributed by atoms with Crippen molar-refractivity contribution in [3.05, 3.63) is 11.9 Å². The molecule has 2 rings (SSSR count). The van der Waals surface area contributed by atoms with E-state index in [9.17, 15) is 8.42 Å². The predicted octanol–water partition coefficient (Wildman–Crippen LogP) is -2.64. The van der Waals surface area contributed by atoms with Gasteiger partial charge in [-0.15, -0.1) is 4.28 Å². The predicted molar refractivity (Wildman–Crippen MR) is 62.0 cm³/mol. The molecule has 0 saturated carbocycles. The molecule has 7 N–H and O–H groups in total. The molecule has 1 unspecified atom stereocenters. The third kappa shape index (κ3) is 3.08. The minimum absolute atomic E-state index is 0. The zero-order chi connectivity index (χ0) is 12.6. The Hall–Kier alpha value is -1.40. The fraction of sp³-hybridized carbons (Fsp3) is 0.571. The number of nitrogens with two attached hydrogens (primary N) is 2. The minimum Gasteiger partial charge on any atom is -0.412 e. The summed E-state index contributed by atoms with van der Waals surface area (Å²) in [6.45, 7) is 1.71. The molecule has 0 aromatic carbocycles. The molecular weight excluding hydrogens is 266 g/mol. The van der Waals surface area contributed by atoms with Crippen LogP contribution in [0.1, 0.15) is 6.42 Å². The number of hydroxylamine groups is 2. The molecule has 0 aromatic heterocycles. The number of likely N-dealkylation sites (tertiary alicyclic amines) is 1. The van der Waals surface area contributed by atoms with E-state index < -0.39 is 16.6 Å². The molecule has 2 heterocycles. The van der Waals surface area contributed by atoms with Crippen molar-refractivity contribution in [1.82, 2.24) is 9.96 Å². The Morgan fingerprint density at radius 1 is 1.50 bits per heavy atom. The maximum absolute atomic E-state index is 10.6. The fourth-order valence-electron chi connectivity index (χ4n) is 1.49. The second kappa shape index (κ2) is 5.07. The van der Waals surface area contributed by atoms with E-state index in [1.807, 2.05) is 4.90 Å². The standard InChI is InChI=1S/C7H13N5O4S.H2O/c8-5-4-6(11-2-1-3-11)10-7(9)12(5)16-17(13,14)15;/h4-5H,1-3,8H2,(H2,9,10)(H,13,14,15);1H2. The topological polar surface area (TPSA) is 166 Å². The van der Waals surface area contributed by atoms with Gasteiger partial charge in [0, 0.05) is 13.1 Å². The highest BCUT2D eigenvalue weighted by Crippen LogP contribution is 2.20. The van der Waals surface area contributed by atoms with Gasteiger partial charge in [-0.1, -0.05) is 0 Å². The first-order valence-corrected chi connectivity index (χ1v) is 6.26. The van der Waals surface area contributed by atoms with Gasteiger partial charge in [-0.3, -0.25) is 4.55 Å². The minimum atomic E-state index is -4.68. The van der Waals surface area contributed by atoms with E-state index in [-0.39, 0.29) is 11.4 Å². The monoisotopic (exact) mass is 281 g/mol. The average Bonchev–Trinajstić information content (AvgIpc) is 2.07. The molecule has 104 valence electrons. The molecule has 1 atom stereocenters. The first-order valence-electron chi connectivity index (χ1n) is 4.89. The van der Waals surface area contributed by atoms with Crippen LogP contribution in [0.2, 0.25) is 0 Å². The van der Waals surface area contributed by atoms with Crippen molar-refractivity contribution in [2.75, 3.05) is 13.1 Å². The third-order valence-electron chi connectivity index (χ3n) is 2.40. The second-order valence-corrected chi connectivity index (χ2v) is 4.66. The zero-order valence-corrected chi connectivity index (χ0v) is 10.2. The van der Waals surface area contributed by atoms with Crippen LogP contribution in [0.5, 0.6) is 0 Å². The van der Waals surface area contributed by atoms with E-state index >= 15 is 0 Å². The quantitative estimate of drug-likeness (QED) is 0.472. The molecule has 10 nitrogen and oxygen atoms in total. The van der Waals surface area contributed by atoms with Gasteiger partial charge in [-0.2, -0.15) is 18.5 Å². The van der Waals surface area contributed by atoms with Crippen LogP contribution in [0.3, 0.4) is 0 Å². The van der Waals surface area contributed by atoms with E-state index in [0.29, 0.717) is 10.9 Å². The SMILES string of the molecule is NC1=NC(N2CCC2)=CC(N)N1OS(=O)(=O)O.O. The maximum atomic E-state index is 10.6. The first kappa shape index (κ1) is 14.7. The Labute approximate surface area is 104 Å². The van der Waals surface area contributed by atoms with Gasteiger partial charge in [0.2, 0.25) is 5.96 Å². The van der Waals surface area contributed by atoms with Crippen LogP contribution in [0.25, 0.3) is 0 Å². The van der Waals surface area contributed by atoms with E-state index in [4.69, 9.17) is 16.0 Å². The van der Waals surface area contributed by atoms with Crippen molar-refractivity contribution in [3.63, 3.8) is 0 Å². The largest absolute Gasteiger partial charge is 0.418 e. The summed E-state index contributed by atoms with van der Waals surface area (Å²) in [7, 11) is -4.68. The third-order valence-corrected chi connectivity index (χ3v) is 2.75. The van der Waals surface area contributed by atoms with Gasteiger partial charge in [0.15, 0.2) is 0 Å². The lowest BCUT2D eigenvalue weighted by Crippen LogP contribution is -2.52. The summed E-state index contributed by atoms with van der Waals surface area (Å²) >= 11 is 0. The summed E-state index contributed by atoms with van der Waals surface area (Å²) in [5.74, 6) is 0.357. The van der Waals surface area contributed by atoms with Crippen LogP contribution in [0.4, 0.5) is 0 Å². The lowest BCUT2D eigenvalue weighted by Gasteiger charge is -2.37. The molecule has 0 aliphatic carbocycles. The molecule has 0 radical (unpaired) electrons. The lowest BCUT2D eigenvalue weighted by atomic mass is 10.2. The normalized spacial score (nSPS) is 23.8. The summed E-state index contributed by atoms with van der Waals surface area (Å²) < 4.78 is 33.9. The van der Waals surface area contributed by atoms with Crippen LogP contribution in [0.15, 0.2) is 16.9 Å². The second-order valence-electron chi connectivity index (χ2n) is 3.65. The van der Waals surface area contributed by atoms with Gasteiger partial charge in [-0.05, 0) is 12.5 Å². The van der Waals surface area contributed by atoms with Crippen LogP contribution >= 0.6 is 0 Å². The Bertz CT molecular complexity index is 471. The maximum Gasteiger partial charge on any atom is 0.418 e. The van der Waals surface area contributed by atoms with Crippen LogP contribution in [0, 0.1) is 0 Å². The lowest BCUT2D eigenvalue weighted by molar-refractivity contribution is -0.0137. The highest BCUT2D eigenvalue weighted by Gasteiger charge is 2.29. The molecule has 0 aromatic rings. The Kier molecular flexibility index (Phi) is 4.13. The van der Waals surface area contributed by atoms with Crippen LogP contribution < -0.4 is 11.5 Å². The first-order chi connectivity index (χ1) is 7.87. The molecule has 0 spiro atoms. The van der Waals surface area contributed by atoms with Crippen LogP contribution in [-0.4, -0.2) is 53.6 Å². The average molecular weight is 281 g/mol. The molecule has 2 aliphatic heterocycles. The zero-order valence-electron chi connectivity index (χ0n) is 9.35. The van der Waals surface area contributed by atoms with Crippen molar-refractivity contribution >= 4 is 16.4 Å². The molecular formula is C7H15N5O5S. The summed E-state index contributed by atoms with van der Waals surface area (Å²) in [6, 6.07) is 0. The van der Waals surface area contributed by atoms with Gasteiger partial charge in [0.25, 0.3) is 0 Å². The number of aliphatic imine (C=N–C) groups is 1. The fourth-order valence-corrected chi connectivity index (χ4v) is 1.87. The van der Waals surface area contributed by atoms with Crippen molar-refractivity contribution in [1.29, 1.82) is 0 Å². The van der Waals surface area contributed by atoms with E-state index in [2.05, 4.69) is 9.28 Å². The van der Waals surface area contributed by atoms with Gasteiger partial charge in [0.1, 0.15) is 12.0 Å². The molecule has 1 saturated heterocycles. The van der Waals surface area contributed by atoms with Gasteiger partial charge >= 0.3 is 10.4 Å². The Morgan fingerprint density at radius 3 is 2.50 bits per heavy atom. The van der Waals surface area contributed by atoms with Gasteiger partial charge in [-0.25, -0.2) is 0 Å². The summed E-state index contributed by atoms with van der Waals surface area (Å²) in [5, 5.41) is 0.624. The van der Waals surface area contributed by atoms with Gasteiger partial charge < -0.3 is 21.8 Å². The molecule has 0 bridgehead atoms. The number of hydrogen-bond acceptors (Lipinski definition) is 8. The smallest absolute Gasteiger partial charge is 0.412 e. The number of rotatable bonds is 3. The Morgan fingerprint density at radius 2 is 2.11 bits per heavy atom. The number of nitrogens with zero attached hydrogens (tertiary/aromatic N) is 3. The Balaban J connectivity index is 0.00000162. The number of guanidine groups is 1. The molecule has 18 heavy (non-hydrogen) atoms. The van der Waals surface area contributed by atoms with E-state index in [0.717, 1.165) is 19.5 Å².